The van der Waals surface area contributed by atoms with E-state index in [1.807, 2.05) is 60.7 Å². The standard InChI is InChI=1S/C26H25NO5/c28-25(30-17-19-7-3-1-4-8-19)21-11-13-22(14-12-21)32-23-15-24(27-16-23)26(29)31-18-20-9-5-2-6-10-20/h1-14,23-24,27H,15-18H2. The number of hydrogen-bond donors (Lipinski definition) is 1. The van der Waals surface area contributed by atoms with Crippen molar-refractivity contribution < 1.29 is 23.8 Å². The van der Waals surface area contributed by atoms with Gasteiger partial charge in [-0.05, 0) is 35.4 Å². The van der Waals surface area contributed by atoms with Crippen molar-refractivity contribution in [1.82, 2.24) is 5.32 Å². The first-order valence-corrected chi connectivity index (χ1v) is 10.6. The van der Waals surface area contributed by atoms with Crippen LogP contribution in [0.15, 0.2) is 84.9 Å². The van der Waals surface area contributed by atoms with Crippen molar-refractivity contribution in [3.05, 3.63) is 102 Å². The van der Waals surface area contributed by atoms with Gasteiger partial charge in [-0.2, -0.15) is 0 Å². The van der Waals surface area contributed by atoms with Crippen LogP contribution in [0.2, 0.25) is 0 Å². The second kappa shape index (κ2) is 10.6. The van der Waals surface area contributed by atoms with Crippen LogP contribution in [0.4, 0.5) is 0 Å². The maximum Gasteiger partial charge on any atom is 0.338 e. The molecule has 0 aliphatic carbocycles. The Morgan fingerprint density at radius 1 is 0.781 bits per heavy atom. The van der Waals surface area contributed by atoms with Gasteiger partial charge in [0.1, 0.15) is 31.1 Å². The van der Waals surface area contributed by atoms with Gasteiger partial charge in [-0.3, -0.25) is 4.79 Å². The van der Waals surface area contributed by atoms with E-state index in [4.69, 9.17) is 14.2 Å². The molecule has 1 saturated heterocycles. The lowest BCUT2D eigenvalue weighted by molar-refractivity contribution is -0.147. The number of hydrogen-bond acceptors (Lipinski definition) is 6. The number of esters is 2. The Kier molecular flexibility index (Phi) is 7.15. The van der Waals surface area contributed by atoms with Crippen LogP contribution in [0.3, 0.4) is 0 Å². The van der Waals surface area contributed by atoms with Crippen LogP contribution in [0.25, 0.3) is 0 Å². The van der Waals surface area contributed by atoms with Crippen LogP contribution >= 0.6 is 0 Å². The summed E-state index contributed by atoms with van der Waals surface area (Å²) in [6.07, 6.45) is 0.370. The van der Waals surface area contributed by atoms with E-state index < -0.39 is 6.04 Å². The lowest BCUT2D eigenvalue weighted by atomic mass is 10.2. The van der Waals surface area contributed by atoms with E-state index >= 15 is 0 Å². The lowest BCUT2D eigenvalue weighted by Crippen LogP contribution is -2.32. The van der Waals surface area contributed by atoms with Crippen molar-refractivity contribution in [3.63, 3.8) is 0 Å². The zero-order chi connectivity index (χ0) is 22.2. The predicted molar refractivity (Wildman–Crippen MR) is 119 cm³/mol. The molecule has 0 amide bonds. The maximum absolute atomic E-state index is 12.3. The minimum atomic E-state index is -0.393. The minimum Gasteiger partial charge on any atom is -0.489 e. The highest BCUT2D eigenvalue weighted by atomic mass is 16.5. The van der Waals surface area contributed by atoms with Gasteiger partial charge in [0.2, 0.25) is 0 Å². The number of benzene rings is 3. The van der Waals surface area contributed by atoms with Crippen molar-refractivity contribution >= 4 is 11.9 Å². The van der Waals surface area contributed by atoms with Gasteiger partial charge in [0.25, 0.3) is 0 Å². The molecule has 0 aromatic heterocycles. The average Bonchev–Trinajstić information content (AvgIpc) is 3.31. The molecule has 1 aliphatic heterocycles. The molecule has 3 aromatic rings. The van der Waals surface area contributed by atoms with Gasteiger partial charge in [-0.1, -0.05) is 60.7 Å². The molecule has 4 rings (SSSR count). The van der Waals surface area contributed by atoms with Crippen LogP contribution in [-0.2, 0) is 27.5 Å². The molecule has 6 heteroatoms. The smallest absolute Gasteiger partial charge is 0.338 e. The molecule has 2 atom stereocenters. The fourth-order valence-corrected chi connectivity index (χ4v) is 3.47. The van der Waals surface area contributed by atoms with E-state index in [1.165, 1.54) is 0 Å². The van der Waals surface area contributed by atoms with Crippen LogP contribution in [-0.4, -0.2) is 30.6 Å². The second-order valence-electron chi connectivity index (χ2n) is 7.62. The van der Waals surface area contributed by atoms with Crippen LogP contribution in [0, 0.1) is 0 Å². The summed E-state index contributed by atoms with van der Waals surface area (Å²) in [4.78, 5) is 24.5. The molecule has 164 valence electrons. The van der Waals surface area contributed by atoms with Crippen LogP contribution < -0.4 is 10.1 Å². The maximum atomic E-state index is 12.3. The number of carbonyl (C=O) groups is 2. The third kappa shape index (κ3) is 5.95. The molecule has 0 bridgehead atoms. The van der Waals surface area contributed by atoms with E-state index in [-0.39, 0.29) is 31.3 Å². The molecule has 32 heavy (non-hydrogen) atoms. The van der Waals surface area contributed by atoms with Gasteiger partial charge in [0, 0.05) is 13.0 Å². The first kappa shape index (κ1) is 21.6. The molecular formula is C26H25NO5. The molecule has 1 heterocycles. The van der Waals surface area contributed by atoms with Crippen LogP contribution in [0.5, 0.6) is 5.75 Å². The van der Waals surface area contributed by atoms with Crippen LogP contribution in [0.1, 0.15) is 27.9 Å². The summed E-state index contributed by atoms with van der Waals surface area (Å²) >= 11 is 0. The minimum absolute atomic E-state index is 0.153. The largest absolute Gasteiger partial charge is 0.489 e. The Hall–Kier alpha value is -3.64. The summed E-state index contributed by atoms with van der Waals surface area (Å²) in [5, 5.41) is 3.15. The van der Waals surface area contributed by atoms with Gasteiger partial charge in [0.05, 0.1) is 5.56 Å². The molecule has 0 spiro atoms. The zero-order valence-corrected chi connectivity index (χ0v) is 17.6. The van der Waals surface area contributed by atoms with Crippen molar-refractivity contribution in [2.24, 2.45) is 0 Å². The second-order valence-corrected chi connectivity index (χ2v) is 7.62. The van der Waals surface area contributed by atoms with Gasteiger partial charge in [0.15, 0.2) is 0 Å². The fourth-order valence-electron chi connectivity index (χ4n) is 3.47. The number of nitrogens with one attached hydrogen (secondary N) is 1. The number of carbonyl (C=O) groups excluding carboxylic acids is 2. The summed E-state index contributed by atoms with van der Waals surface area (Å²) in [5.74, 6) is -0.0321. The van der Waals surface area contributed by atoms with Gasteiger partial charge < -0.3 is 19.5 Å². The van der Waals surface area contributed by atoms with E-state index in [2.05, 4.69) is 5.32 Å². The monoisotopic (exact) mass is 431 g/mol. The van der Waals surface area contributed by atoms with E-state index in [9.17, 15) is 9.59 Å². The molecule has 0 saturated carbocycles. The molecule has 1 fully saturated rings. The Balaban J connectivity index is 1.22. The Morgan fingerprint density at radius 3 is 2.00 bits per heavy atom. The highest BCUT2D eigenvalue weighted by molar-refractivity contribution is 5.89. The Bertz CT molecular complexity index is 1020. The van der Waals surface area contributed by atoms with Crippen molar-refractivity contribution in [3.8, 4) is 5.75 Å². The normalized spacial score (nSPS) is 17.5. The quantitative estimate of drug-likeness (QED) is 0.546. The number of ether oxygens (including phenoxy) is 3. The Morgan fingerprint density at radius 2 is 1.38 bits per heavy atom. The molecule has 3 aromatic carbocycles. The molecule has 6 nitrogen and oxygen atoms in total. The zero-order valence-electron chi connectivity index (χ0n) is 17.6. The fraction of sp³-hybridized carbons (Fsp3) is 0.231. The van der Waals surface area contributed by atoms with E-state index in [1.54, 1.807) is 24.3 Å². The Labute approximate surface area is 187 Å². The summed E-state index contributed by atoms with van der Waals surface area (Å²) in [6.45, 7) is 1.03. The van der Waals surface area contributed by atoms with Gasteiger partial charge >= 0.3 is 11.9 Å². The highest BCUT2D eigenvalue weighted by Gasteiger charge is 2.31. The molecule has 2 unspecified atom stereocenters. The number of rotatable bonds is 8. The van der Waals surface area contributed by atoms with Crippen molar-refractivity contribution in [2.75, 3.05) is 6.54 Å². The molecular weight excluding hydrogens is 406 g/mol. The predicted octanol–water partition coefficient (Wildman–Crippen LogP) is 3.90. The van der Waals surface area contributed by atoms with Gasteiger partial charge in [-0.25, -0.2) is 4.79 Å². The third-order valence-corrected chi connectivity index (χ3v) is 5.20. The molecule has 1 N–H and O–H groups in total. The SMILES string of the molecule is O=C(OCc1ccccc1)c1ccc(OC2CNC(C(=O)OCc3ccccc3)C2)cc1. The van der Waals surface area contributed by atoms with E-state index in [0.29, 0.717) is 24.3 Å². The van der Waals surface area contributed by atoms with Crippen molar-refractivity contribution in [2.45, 2.75) is 31.8 Å². The highest BCUT2D eigenvalue weighted by Crippen LogP contribution is 2.19. The summed E-state index contributed by atoms with van der Waals surface area (Å²) in [7, 11) is 0. The van der Waals surface area contributed by atoms with E-state index in [0.717, 1.165) is 11.1 Å². The molecule has 1 aliphatic rings. The summed E-state index contributed by atoms with van der Waals surface area (Å²) in [6, 6.07) is 25.6. The van der Waals surface area contributed by atoms with Crippen molar-refractivity contribution in [1.29, 1.82) is 0 Å². The summed E-state index contributed by atoms with van der Waals surface area (Å²) < 4.78 is 16.7. The first-order chi connectivity index (χ1) is 15.7. The first-order valence-electron chi connectivity index (χ1n) is 10.6. The topological polar surface area (TPSA) is 73.9 Å². The average molecular weight is 431 g/mol. The molecule has 0 radical (unpaired) electrons. The summed E-state index contributed by atoms with van der Waals surface area (Å²) in [5.41, 5.74) is 2.35. The van der Waals surface area contributed by atoms with Gasteiger partial charge in [-0.15, -0.1) is 0 Å². The lowest BCUT2D eigenvalue weighted by Gasteiger charge is -2.13. The third-order valence-electron chi connectivity index (χ3n) is 5.20.